The fraction of sp³-hybridized carbons (Fsp3) is 0.286. The Labute approximate surface area is 110 Å². The van der Waals surface area contributed by atoms with E-state index in [1.165, 1.54) is 0 Å². The molecule has 0 aliphatic carbocycles. The highest BCUT2D eigenvalue weighted by molar-refractivity contribution is 5.31. The van der Waals surface area contributed by atoms with Gasteiger partial charge in [-0.15, -0.1) is 0 Å². The highest BCUT2D eigenvalue weighted by Crippen LogP contribution is 2.23. The zero-order valence-electron chi connectivity index (χ0n) is 10.8. The molecule has 1 aromatic heterocycles. The van der Waals surface area contributed by atoms with Gasteiger partial charge >= 0.3 is 0 Å². The molecule has 2 aromatic rings. The van der Waals surface area contributed by atoms with E-state index in [2.05, 4.69) is 0 Å². The van der Waals surface area contributed by atoms with Crippen LogP contribution in [-0.2, 0) is 13.1 Å². The molecule has 0 bridgehead atoms. The van der Waals surface area contributed by atoms with Gasteiger partial charge in [-0.05, 0) is 38.2 Å². The van der Waals surface area contributed by atoms with Crippen molar-refractivity contribution < 1.29 is 18.3 Å². The maximum absolute atomic E-state index is 13.6. The molecule has 1 N–H and O–H groups in total. The number of halogens is 2. The summed E-state index contributed by atoms with van der Waals surface area (Å²) in [7, 11) is 1.72. The second-order valence-electron chi connectivity index (χ2n) is 4.54. The molecule has 0 amide bonds. The smallest absolute Gasteiger partial charge is 0.172 e. The van der Waals surface area contributed by atoms with Gasteiger partial charge in [0.05, 0.1) is 6.54 Å². The molecule has 0 saturated carbocycles. The molecule has 19 heavy (non-hydrogen) atoms. The lowest BCUT2D eigenvalue weighted by atomic mass is 10.1. The molecular formula is C14H15F2NO2. The minimum atomic E-state index is -0.914. The van der Waals surface area contributed by atoms with Crippen molar-refractivity contribution in [2.24, 2.45) is 0 Å². The molecule has 102 valence electrons. The number of phenolic OH excluding ortho intramolecular Hbond substituents is 1. The molecule has 2 rings (SSSR count). The van der Waals surface area contributed by atoms with Crippen LogP contribution in [0.4, 0.5) is 8.78 Å². The first kappa shape index (κ1) is 13.5. The van der Waals surface area contributed by atoms with E-state index in [1.54, 1.807) is 11.9 Å². The van der Waals surface area contributed by atoms with E-state index in [0.717, 1.165) is 23.7 Å². The van der Waals surface area contributed by atoms with Crippen molar-refractivity contribution in [2.75, 3.05) is 7.05 Å². The Hall–Kier alpha value is -1.88. The predicted octanol–water partition coefficient (Wildman–Crippen LogP) is 3.20. The van der Waals surface area contributed by atoms with Gasteiger partial charge in [0.2, 0.25) is 0 Å². The van der Waals surface area contributed by atoms with Crippen LogP contribution in [-0.4, -0.2) is 17.1 Å². The molecule has 3 nitrogen and oxygen atoms in total. The number of hydrogen-bond donors (Lipinski definition) is 1. The van der Waals surface area contributed by atoms with Gasteiger partial charge in [-0.1, -0.05) is 0 Å². The van der Waals surface area contributed by atoms with Crippen LogP contribution in [0.15, 0.2) is 28.7 Å². The third-order valence-corrected chi connectivity index (χ3v) is 2.82. The van der Waals surface area contributed by atoms with Gasteiger partial charge < -0.3 is 9.52 Å². The van der Waals surface area contributed by atoms with Gasteiger partial charge in [0.25, 0.3) is 0 Å². The van der Waals surface area contributed by atoms with Crippen molar-refractivity contribution in [3.63, 3.8) is 0 Å². The molecule has 0 fully saturated rings. The standard InChI is InChI=1S/C14H15F2NO2/c1-9-3-4-10(19-9)7-17(2)8-11-12(15)5-6-13(18)14(11)16/h3-6,18H,7-8H2,1-2H3. The van der Waals surface area contributed by atoms with Crippen LogP contribution in [0, 0.1) is 18.6 Å². The molecule has 0 saturated heterocycles. The molecule has 0 atom stereocenters. The molecule has 1 aromatic carbocycles. The number of phenols is 1. The predicted molar refractivity (Wildman–Crippen MR) is 66.6 cm³/mol. The Balaban J connectivity index is 2.11. The van der Waals surface area contributed by atoms with Gasteiger partial charge in [0.1, 0.15) is 17.3 Å². The maximum Gasteiger partial charge on any atom is 0.172 e. The molecule has 0 aliphatic rings. The summed E-state index contributed by atoms with van der Waals surface area (Å²) in [5.41, 5.74) is -0.147. The normalized spacial score (nSPS) is 11.2. The number of aryl methyl sites for hydroxylation is 1. The molecule has 0 aliphatic heterocycles. The molecule has 1 heterocycles. The van der Waals surface area contributed by atoms with Crippen molar-refractivity contribution in [2.45, 2.75) is 20.0 Å². The van der Waals surface area contributed by atoms with Crippen LogP contribution in [0.2, 0.25) is 0 Å². The summed E-state index contributed by atoms with van der Waals surface area (Å²) in [6.07, 6.45) is 0. The van der Waals surface area contributed by atoms with E-state index in [0.29, 0.717) is 6.54 Å². The zero-order valence-corrected chi connectivity index (χ0v) is 10.8. The highest BCUT2D eigenvalue weighted by atomic mass is 19.1. The molecule has 0 spiro atoms. The summed E-state index contributed by atoms with van der Waals surface area (Å²) in [6, 6.07) is 5.71. The summed E-state index contributed by atoms with van der Waals surface area (Å²) < 4.78 is 32.6. The Bertz CT molecular complexity index is 581. The first-order valence-corrected chi connectivity index (χ1v) is 5.87. The van der Waals surface area contributed by atoms with E-state index < -0.39 is 17.4 Å². The number of nitrogens with zero attached hydrogens (tertiary/aromatic N) is 1. The van der Waals surface area contributed by atoms with Crippen LogP contribution < -0.4 is 0 Å². The number of benzene rings is 1. The van der Waals surface area contributed by atoms with Crippen LogP contribution in [0.3, 0.4) is 0 Å². The Morgan fingerprint density at radius 1 is 1.16 bits per heavy atom. The fourth-order valence-electron chi connectivity index (χ4n) is 1.89. The number of hydrogen-bond acceptors (Lipinski definition) is 3. The lowest BCUT2D eigenvalue weighted by molar-refractivity contribution is 0.275. The van der Waals surface area contributed by atoms with E-state index in [4.69, 9.17) is 4.42 Å². The highest BCUT2D eigenvalue weighted by Gasteiger charge is 2.15. The van der Waals surface area contributed by atoms with Gasteiger partial charge in [0.15, 0.2) is 11.6 Å². The van der Waals surface area contributed by atoms with Crippen molar-refractivity contribution in [1.82, 2.24) is 4.90 Å². The SMILES string of the molecule is Cc1ccc(CN(C)Cc2c(F)ccc(O)c2F)o1. The summed E-state index contributed by atoms with van der Waals surface area (Å²) in [5.74, 6) is -0.613. The van der Waals surface area contributed by atoms with Gasteiger partial charge in [-0.2, -0.15) is 0 Å². The van der Waals surface area contributed by atoms with Gasteiger partial charge in [-0.3, -0.25) is 4.90 Å². The summed E-state index contributed by atoms with van der Waals surface area (Å²) in [4.78, 5) is 1.71. The van der Waals surface area contributed by atoms with E-state index in [-0.39, 0.29) is 12.1 Å². The van der Waals surface area contributed by atoms with Crippen molar-refractivity contribution in [3.8, 4) is 5.75 Å². The molecule has 0 radical (unpaired) electrons. The summed E-state index contributed by atoms with van der Waals surface area (Å²) in [6.45, 7) is 2.31. The third-order valence-electron chi connectivity index (χ3n) is 2.82. The molecular weight excluding hydrogens is 252 g/mol. The largest absolute Gasteiger partial charge is 0.505 e. The van der Waals surface area contributed by atoms with Crippen LogP contribution in [0.1, 0.15) is 17.1 Å². The first-order chi connectivity index (χ1) is 8.97. The third kappa shape index (κ3) is 3.12. The van der Waals surface area contributed by atoms with Crippen LogP contribution >= 0.6 is 0 Å². The van der Waals surface area contributed by atoms with E-state index in [1.807, 2.05) is 19.1 Å². The average molecular weight is 267 g/mol. The second-order valence-corrected chi connectivity index (χ2v) is 4.54. The number of furan rings is 1. The quantitative estimate of drug-likeness (QED) is 0.924. The average Bonchev–Trinajstić information content (AvgIpc) is 2.75. The second kappa shape index (κ2) is 5.40. The number of rotatable bonds is 4. The summed E-state index contributed by atoms with van der Waals surface area (Å²) in [5, 5.41) is 9.25. The van der Waals surface area contributed by atoms with Crippen molar-refractivity contribution >= 4 is 0 Å². The number of aromatic hydroxyl groups is 1. The van der Waals surface area contributed by atoms with Crippen molar-refractivity contribution in [3.05, 3.63) is 53.0 Å². The Morgan fingerprint density at radius 2 is 1.89 bits per heavy atom. The van der Waals surface area contributed by atoms with Crippen LogP contribution in [0.5, 0.6) is 5.75 Å². The topological polar surface area (TPSA) is 36.6 Å². The minimum absolute atomic E-state index is 0.0474. The lowest BCUT2D eigenvalue weighted by Gasteiger charge is -2.16. The lowest BCUT2D eigenvalue weighted by Crippen LogP contribution is -2.18. The molecule has 5 heteroatoms. The minimum Gasteiger partial charge on any atom is -0.505 e. The van der Waals surface area contributed by atoms with Gasteiger partial charge in [0, 0.05) is 12.1 Å². The van der Waals surface area contributed by atoms with E-state index >= 15 is 0 Å². The maximum atomic E-state index is 13.6. The fourth-order valence-corrected chi connectivity index (χ4v) is 1.89. The van der Waals surface area contributed by atoms with Crippen LogP contribution in [0.25, 0.3) is 0 Å². The molecule has 0 unspecified atom stereocenters. The van der Waals surface area contributed by atoms with Gasteiger partial charge in [-0.25, -0.2) is 8.78 Å². The van der Waals surface area contributed by atoms with E-state index in [9.17, 15) is 13.9 Å². The monoisotopic (exact) mass is 267 g/mol. The zero-order chi connectivity index (χ0) is 14.0. The summed E-state index contributed by atoms with van der Waals surface area (Å²) >= 11 is 0. The Kier molecular flexibility index (Phi) is 3.85. The Morgan fingerprint density at radius 3 is 2.53 bits per heavy atom. The van der Waals surface area contributed by atoms with Crippen molar-refractivity contribution in [1.29, 1.82) is 0 Å². The first-order valence-electron chi connectivity index (χ1n) is 5.87.